The molecule has 0 amide bonds. The van der Waals surface area contributed by atoms with Crippen molar-refractivity contribution in [2.24, 2.45) is 5.92 Å². The molecular formula is C35H43ClO6. The van der Waals surface area contributed by atoms with E-state index in [-0.39, 0.29) is 12.6 Å². The van der Waals surface area contributed by atoms with Crippen molar-refractivity contribution in [3.8, 4) is 16.9 Å². The molecule has 4 rings (SSSR count). The molecule has 0 unspecified atom stereocenters. The molecule has 6 nitrogen and oxygen atoms in total. The van der Waals surface area contributed by atoms with Gasteiger partial charge in [-0.25, -0.2) is 9.59 Å². The number of esters is 2. The van der Waals surface area contributed by atoms with Gasteiger partial charge >= 0.3 is 11.9 Å². The largest absolute Gasteiger partial charge is 0.482 e. The third-order valence-corrected chi connectivity index (χ3v) is 7.36. The monoisotopic (exact) mass is 594 g/mol. The highest BCUT2D eigenvalue weighted by atomic mass is 35.5. The molecule has 3 aromatic rings. The number of carbonyl (C=O) groups is 2. The van der Waals surface area contributed by atoms with E-state index in [1.807, 2.05) is 50.2 Å². The molecule has 1 aliphatic rings. The minimum atomic E-state index is -1.69. The molecule has 0 aliphatic heterocycles. The van der Waals surface area contributed by atoms with Gasteiger partial charge in [-0.2, -0.15) is 0 Å². The highest BCUT2D eigenvalue weighted by molar-refractivity contribution is 6.30. The van der Waals surface area contributed by atoms with E-state index in [4.69, 9.17) is 25.8 Å². The lowest BCUT2D eigenvalue weighted by molar-refractivity contribution is -0.162. The van der Waals surface area contributed by atoms with Crippen LogP contribution in [0.1, 0.15) is 76.0 Å². The maximum absolute atomic E-state index is 12.5. The van der Waals surface area contributed by atoms with Crippen LogP contribution >= 0.6 is 11.6 Å². The van der Waals surface area contributed by atoms with E-state index in [2.05, 4.69) is 13.8 Å². The Morgan fingerprint density at radius 3 is 2.07 bits per heavy atom. The number of fused-ring (bicyclic) bond motifs is 3. The molecule has 0 heterocycles. The molecule has 7 heteroatoms. The summed E-state index contributed by atoms with van der Waals surface area (Å²) in [6, 6.07) is 20.2. The zero-order valence-corrected chi connectivity index (χ0v) is 25.9. The second kappa shape index (κ2) is 16.3. The number of unbranched alkanes of at least 4 members (excludes halogenated alkanes) is 3. The van der Waals surface area contributed by atoms with Crippen molar-refractivity contribution in [3.63, 3.8) is 0 Å². The standard InChI is InChI=1S/C18H18O3.C17H25ClO3/c1-2-3-12-21-17(19)18(20)15-10-6-4-8-13(15)14-9-5-7-11-16(14)18;1-13(2)7-5-4-6-10-20-17(19)12-21-16-9-8-15(18)11-14(16)3/h4-11,20H,2-3,12H2,1H3;8-9,11,13H,4-7,10,12H2,1-3H3. The predicted octanol–water partition coefficient (Wildman–Crippen LogP) is 8.03. The van der Waals surface area contributed by atoms with Crippen LogP contribution in [0.4, 0.5) is 0 Å². The first-order valence-corrected chi connectivity index (χ1v) is 15.2. The van der Waals surface area contributed by atoms with Crippen LogP contribution in [0.25, 0.3) is 11.1 Å². The Hall–Kier alpha value is -3.35. The van der Waals surface area contributed by atoms with E-state index in [1.54, 1.807) is 30.3 Å². The van der Waals surface area contributed by atoms with Gasteiger partial charge in [0.1, 0.15) is 5.75 Å². The highest BCUT2D eigenvalue weighted by Gasteiger charge is 2.48. The number of ether oxygens (including phenoxy) is 3. The fourth-order valence-corrected chi connectivity index (χ4v) is 5.04. The Balaban J connectivity index is 0.000000230. The molecule has 226 valence electrons. The number of aryl methyl sites for hydroxylation is 1. The molecule has 3 aromatic carbocycles. The number of halogens is 1. The van der Waals surface area contributed by atoms with Crippen molar-refractivity contribution in [2.45, 2.75) is 71.8 Å². The summed E-state index contributed by atoms with van der Waals surface area (Å²) >= 11 is 5.86. The topological polar surface area (TPSA) is 82.1 Å². The number of carbonyl (C=O) groups excluding carboxylic acids is 2. The van der Waals surface area contributed by atoms with Gasteiger partial charge in [0.05, 0.1) is 13.2 Å². The van der Waals surface area contributed by atoms with Crippen LogP contribution in [0, 0.1) is 12.8 Å². The van der Waals surface area contributed by atoms with E-state index in [0.717, 1.165) is 48.3 Å². The Bertz CT molecular complexity index is 1270. The Kier molecular flexibility index (Phi) is 12.9. The van der Waals surface area contributed by atoms with Crippen LogP contribution in [-0.2, 0) is 24.7 Å². The van der Waals surface area contributed by atoms with E-state index in [9.17, 15) is 14.7 Å². The number of rotatable bonds is 13. The molecule has 0 fully saturated rings. The zero-order valence-electron chi connectivity index (χ0n) is 25.2. The van der Waals surface area contributed by atoms with E-state index < -0.39 is 11.6 Å². The van der Waals surface area contributed by atoms with Gasteiger partial charge in [-0.1, -0.05) is 107 Å². The molecule has 0 spiro atoms. The molecule has 0 aromatic heterocycles. The molecular weight excluding hydrogens is 552 g/mol. The van der Waals surface area contributed by atoms with Crippen molar-refractivity contribution < 1.29 is 28.9 Å². The number of hydrogen-bond acceptors (Lipinski definition) is 6. The maximum Gasteiger partial charge on any atom is 0.347 e. The molecule has 0 radical (unpaired) electrons. The summed E-state index contributed by atoms with van der Waals surface area (Å²) in [4.78, 5) is 24.1. The zero-order chi connectivity index (χ0) is 30.5. The molecule has 1 aliphatic carbocycles. The summed E-state index contributed by atoms with van der Waals surface area (Å²) in [5, 5.41) is 11.7. The van der Waals surface area contributed by atoms with E-state index >= 15 is 0 Å². The van der Waals surface area contributed by atoms with Gasteiger partial charge < -0.3 is 19.3 Å². The average Bonchev–Trinajstić information content (AvgIpc) is 3.24. The number of benzene rings is 3. The van der Waals surface area contributed by atoms with Gasteiger partial charge in [0.25, 0.3) is 0 Å². The second-order valence-corrected chi connectivity index (χ2v) is 11.4. The summed E-state index contributed by atoms with van der Waals surface area (Å²) < 4.78 is 15.9. The minimum Gasteiger partial charge on any atom is -0.482 e. The summed E-state index contributed by atoms with van der Waals surface area (Å²) in [5.74, 6) is 0.485. The Morgan fingerprint density at radius 1 is 0.857 bits per heavy atom. The lowest BCUT2D eigenvalue weighted by Gasteiger charge is -2.23. The molecule has 0 bridgehead atoms. The van der Waals surface area contributed by atoms with Crippen LogP contribution in [-0.4, -0.2) is 36.9 Å². The smallest absolute Gasteiger partial charge is 0.347 e. The van der Waals surface area contributed by atoms with E-state index in [1.165, 1.54) is 12.8 Å². The summed E-state index contributed by atoms with van der Waals surface area (Å²) in [7, 11) is 0. The van der Waals surface area contributed by atoms with Crippen LogP contribution < -0.4 is 4.74 Å². The van der Waals surface area contributed by atoms with Crippen LogP contribution in [0.15, 0.2) is 66.7 Å². The fourth-order valence-electron chi connectivity index (χ4n) is 4.82. The number of hydrogen-bond donors (Lipinski definition) is 1. The van der Waals surface area contributed by atoms with Crippen molar-refractivity contribution in [1.29, 1.82) is 0 Å². The molecule has 1 N–H and O–H groups in total. The summed E-state index contributed by atoms with van der Waals surface area (Å²) in [6.45, 7) is 9.10. The second-order valence-electron chi connectivity index (χ2n) is 11.0. The van der Waals surface area contributed by atoms with Gasteiger partial charge in [0.15, 0.2) is 6.61 Å². The van der Waals surface area contributed by atoms with Gasteiger partial charge in [-0.15, -0.1) is 0 Å². The highest BCUT2D eigenvalue weighted by Crippen LogP contribution is 2.47. The van der Waals surface area contributed by atoms with Crippen LogP contribution in [0.3, 0.4) is 0 Å². The maximum atomic E-state index is 12.5. The van der Waals surface area contributed by atoms with Gasteiger partial charge in [-0.3, -0.25) is 0 Å². The third kappa shape index (κ3) is 8.83. The Labute approximate surface area is 255 Å². The lowest BCUT2D eigenvalue weighted by atomic mass is 9.91. The summed E-state index contributed by atoms with van der Waals surface area (Å²) in [5.41, 5.74) is 2.21. The first-order valence-electron chi connectivity index (χ1n) is 14.8. The van der Waals surface area contributed by atoms with Crippen LogP contribution in [0.2, 0.25) is 5.02 Å². The van der Waals surface area contributed by atoms with Crippen molar-refractivity contribution in [2.75, 3.05) is 19.8 Å². The predicted molar refractivity (Wildman–Crippen MR) is 167 cm³/mol. The number of aliphatic hydroxyl groups is 1. The van der Waals surface area contributed by atoms with Crippen molar-refractivity contribution >= 4 is 23.5 Å². The normalized spacial score (nSPS) is 12.5. The quantitative estimate of drug-likeness (QED) is 0.159. The van der Waals surface area contributed by atoms with Crippen molar-refractivity contribution in [1.82, 2.24) is 0 Å². The fraction of sp³-hybridized carbons (Fsp3) is 0.429. The average molecular weight is 595 g/mol. The summed E-state index contributed by atoms with van der Waals surface area (Å²) in [6.07, 6.45) is 6.17. The van der Waals surface area contributed by atoms with E-state index in [0.29, 0.717) is 35.1 Å². The Morgan fingerprint density at radius 2 is 1.48 bits per heavy atom. The minimum absolute atomic E-state index is 0.0610. The molecule has 0 saturated carbocycles. The third-order valence-electron chi connectivity index (χ3n) is 7.12. The first kappa shape index (κ1) is 33.2. The first-order chi connectivity index (χ1) is 20.2. The van der Waals surface area contributed by atoms with Crippen molar-refractivity contribution in [3.05, 3.63) is 88.4 Å². The lowest BCUT2D eigenvalue weighted by Crippen LogP contribution is -2.36. The molecule has 42 heavy (non-hydrogen) atoms. The van der Waals surface area contributed by atoms with Crippen LogP contribution in [0.5, 0.6) is 5.75 Å². The SMILES string of the molecule is CCCCOC(=O)C1(O)c2ccccc2-c2ccccc21.Cc1cc(Cl)ccc1OCC(=O)OCCCCCC(C)C. The molecule has 0 atom stereocenters. The van der Waals surface area contributed by atoms with Gasteiger partial charge in [-0.05, 0) is 60.6 Å². The van der Waals surface area contributed by atoms with Gasteiger partial charge in [0, 0.05) is 16.1 Å². The molecule has 0 saturated heterocycles. The van der Waals surface area contributed by atoms with Gasteiger partial charge in [0.2, 0.25) is 5.60 Å².